The Morgan fingerprint density at radius 2 is 1.85 bits per heavy atom. The van der Waals surface area contributed by atoms with E-state index in [0.29, 0.717) is 33.3 Å². The molecule has 0 aliphatic rings. The molecule has 33 heavy (non-hydrogen) atoms. The number of imidazole rings is 1. The van der Waals surface area contributed by atoms with E-state index in [2.05, 4.69) is 4.98 Å². The quantitative estimate of drug-likeness (QED) is 0.349. The van der Waals surface area contributed by atoms with Crippen LogP contribution in [0.2, 0.25) is 5.02 Å². The molecular weight excluding hydrogens is 468 g/mol. The van der Waals surface area contributed by atoms with Gasteiger partial charge in [0, 0.05) is 23.8 Å². The molecule has 1 atom stereocenters. The molecule has 0 aliphatic heterocycles. The van der Waals surface area contributed by atoms with E-state index < -0.39 is 12.1 Å². The summed E-state index contributed by atoms with van der Waals surface area (Å²) in [7, 11) is 4.43. The number of carbonyl (C=O) groups excluding carboxylic acids is 1. The number of nitrogens with zero attached hydrogens (tertiary/aromatic N) is 2. The van der Waals surface area contributed by atoms with Crippen LogP contribution < -0.4 is 14.2 Å². The number of rotatable bonds is 7. The van der Waals surface area contributed by atoms with Gasteiger partial charge in [-0.3, -0.25) is 4.57 Å². The largest absolute Gasteiger partial charge is 0.506 e. The zero-order valence-corrected chi connectivity index (χ0v) is 19.9. The zero-order valence-electron chi connectivity index (χ0n) is 18.3. The number of aromatic hydroxyl groups is 1. The van der Waals surface area contributed by atoms with Crippen molar-refractivity contribution in [2.75, 3.05) is 21.3 Å². The van der Waals surface area contributed by atoms with Gasteiger partial charge in [0.25, 0.3) is 0 Å². The highest BCUT2D eigenvalue weighted by atomic mass is 35.5. The van der Waals surface area contributed by atoms with Gasteiger partial charge in [0.15, 0.2) is 16.4 Å². The monoisotopic (exact) mass is 488 g/mol. The summed E-state index contributed by atoms with van der Waals surface area (Å²) in [5.41, 5.74) is 2.05. The molecule has 10 heteroatoms. The van der Waals surface area contributed by atoms with Crippen LogP contribution in [0.15, 0.2) is 42.7 Å². The molecule has 0 unspecified atom stereocenters. The Kier molecular flexibility index (Phi) is 6.35. The maximum atomic E-state index is 12.5. The summed E-state index contributed by atoms with van der Waals surface area (Å²) in [6, 6.07) is 10.3. The van der Waals surface area contributed by atoms with E-state index >= 15 is 0 Å². The van der Waals surface area contributed by atoms with Crippen molar-refractivity contribution in [3.63, 3.8) is 0 Å². The highest BCUT2D eigenvalue weighted by molar-refractivity contribution is 7.16. The summed E-state index contributed by atoms with van der Waals surface area (Å²) in [6.45, 7) is 1.78. The summed E-state index contributed by atoms with van der Waals surface area (Å²) >= 11 is 7.44. The molecule has 0 amide bonds. The third-order valence-corrected chi connectivity index (χ3v) is 6.60. The molecule has 0 bridgehead atoms. The topological polar surface area (TPSA) is 92.0 Å². The number of esters is 1. The van der Waals surface area contributed by atoms with Gasteiger partial charge in [-0.25, -0.2) is 9.78 Å². The van der Waals surface area contributed by atoms with E-state index in [-0.39, 0.29) is 15.6 Å². The average Bonchev–Trinajstić information content (AvgIpc) is 3.42. The molecule has 2 heterocycles. The number of phenols is 1. The first-order valence-electron chi connectivity index (χ1n) is 9.83. The summed E-state index contributed by atoms with van der Waals surface area (Å²) in [4.78, 5) is 17.2. The number of methoxy groups -OCH3 is 3. The molecule has 4 rings (SSSR count). The summed E-state index contributed by atoms with van der Waals surface area (Å²) in [5.74, 6) is 0.880. The average molecular weight is 489 g/mol. The minimum Gasteiger partial charge on any atom is -0.506 e. The lowest BCUT2D eigenvalue weighted by molar-refractivity contribution is 0.0600. The number of fused-ring (bicyclic) bond motifs is 1. The fourth-order valence-corrected chi connectivity index (χ4v) is 4.69. The number of hydrogen-bond acceptors (Lipinski definition) is 8. The maximum Gasteiger partial charge on any atom is 0.351 e. The highest BCUT2D eigenvalue weighted by Crippen LogP contribution is 2.40. The number of thiophene rings is 1. The predicted molar refractivity (Wildman–Crippen MR) is 126 cm³/mol. The first-order valence-corrected chi connectivity index (χ1v) is 11.0. The van der Waals surface area contributed by atoms with Gasteiger partial charge in [0.1, 0.15) is 28.9 Å². The van der Waals surface area contributed by atoms with Gasteiger partial charge >= 0.3 is 5.97 Å². The van der Waals surface area contributed by atoms with Crippen LogP contribution in [0.3, 0.4) is 0 Å². The van der Waals surface area contributed by atoms with Crippen molar-refractivity contribution in [1.29, 1.82) is 0 Å². The highest BCUT2D eigenvalue weighted by Gasteiger charge is 2.24. The molecule has 8 nitrogen and oxygen atoms in total. The molecule has 0 aliphatic carbocycles. The Labute approximate surface area is 198 Å². The normalized spacial score (nSPS) is 11.9. The number of benzene rings is 2. The van der Waals surface area contributed by atoms with Crippen LogP contribution in [0.5, 0.6) is 23.0 Å². The minimum absolute atomic E-state index is 0.0434. The molecule has 0 saturated heterocycles. The van der Waals surface area contributed by atoms with E-state index in [1.807, 2.05) is 10.6 Å². The van der Waals surface area contributed by atoms with E-state index in [9.17, 15) is 9.90 Å². The molecule has 0 radical (unpaired) electrons. The number of carbonyl (C=O) groups is 1. The maximum absolute atomic E-state index is 12.5. The van der Waals surface area contributed by atoms with Crippen LogP contribution in [0, 0.1) is 0 Å². The van der Waals surface area contributed by atoms with Crippen molar-refractivity contribution < 1.29 is 28.8 Å². The number of hydrogen-bond donors (Lipinski definition) is 1. The minimum atomic E-state index is -0.542. The Hall–Kier alpha value is -3.43. The lowest BCUT2D eigenvalue weighted by Gasteiger charge is -2.16. The van der Waals surface area contributed by atoms with Gasteiger partial charge in [-0.05, 0) is 13.0 Å². The van der Waals surface area contributed by atoms with Gasteiger partial charge in [-0.15, -0.1) is 11.3 Å². The zero-order chi connectivity index (χ0) is 23.7. The molecule has 0 saturated carbocycles. The fourth-order valence-electron chi connectivity index (χ4n) is 3.42. The van der Waals surface area contributed by atoms with E-state index in [4.69, 9.17) is 30.5 Å². The number of halogens is 1. The smallest absolute Gasteiger partial charge is 0.351 e. The summed E-state index contributed by atoms with van der Waals surface area (Å²) < 4.78 is 23.6. The van der Waals surface area contributed by atoms with E-state index in [0.717, 1.165) is 5.52 Å². The number of aromatic nitrogens is 2. The summed E-state index contributed by atoms with van der Waals surface area (Å²) in [6.07, 6.45) is 1.11. The second-order valence-electron chi connectivity index (χ2n) is 7.02. The molecule has 172 valence electrons. The predicted octanol–water partition coefficient (Wildman–Crippen LogP) is 5.39. The standard InChI is InChI=1S/C23H21ClN2O6S/c1-12(13-6-5-7-16(27)21(13)24)32-19-10-20(33-22(19)23(28)31-4)26-11-25-14-8-17(29-2)18(30-3)9-15(14)26/h5-12,27H,1-4H3/t12-/m1/s1. The Balaban J connectivity index is 1.77. The lowest BCUT2D eigenvalue weighted by atomic mass is 10.1. The molecule has 2 aromatic carbocycles. The van der Waals surface area contributed by atoms with Crippen LogP contribution in [0.1, 0.15) is 28.3 Å². The van der Waals surface area contributed by atoms with Crippen LogP contribution in [-0.4, -0.2) is 42.0 Å². The third-order valence-electron chi connectivity index (χ3n) is 5.10. The molecule has 2 aromatic heterocycles. The van der Waals surface area contributed by atoms with Crippen molar-refractivity contribution in [3.8, 4) is 28.0 Å². The van der Waals surface area contributed by atoms with Crippen molar-refractivity contribution in [2.45, 2.75) is 13.0 Å². The van der Waals surface area contributed by atoms with Gasteiger partial charge in [-0.2, -0.15) is 0 Å². The van der Waals surface area contributed by atoms with Gasteiger partial charge in [0.2, 0.25) is 0 Å². The van der Waals surface area contributed by atoms with Crippen molar-refractivity contribution in [3.05, 3.63) is 58.2 Å². The van der Waals surface area contributed by atoms with Crippen LogP contribution in [-0.2, 0) is 4.74 Å². The van der Waals surface area contributed by atoms with Crippen molar-refractivity contribution in [1.82, 2.24) is 9.55 Å². The van der Waals surface area contributed by atoms with Crippen molar-refractivity contribution >= 4 is 39.9 Å². The Morgan fingerprint density at radius 1 is 1.12 bits per heavy atom. The molecule has 0 fully saturated rings. The van der Waals surface area contributed by atoms with Crippen molar-refractivity contribution in [2.24, 2.45) is 0 Å². The van der Waals surface area contributed by atoms with Gasteiger partial charge in [0.05, 0.1) is 37.4 Å². The van der Waals surface area contributed by atoms with Crippen LogP contribution in [0.25, 0.3) is 16.0 Å². The Morgan fingerprint density at radius 3 is 2.55 bits per heavy atom. The number of ether oxygens (including phenoxy) is 4. The van der Waals surface area contributed by atoms with Gasteiger partial charge in [-0.1, -0.05) is 23.7 Å². The van der Waals surface area contributed by atoms with E-state index in [1.54, 1.807) is 51.7 Å². The molecule has 4 aromatic rings. The lowest BCUT2D eigenvalue weighted by Crippen LogP contribution is -2.07. The molecule has 1 N–H and O–H groups in total. The molecule has 0 spiro atoms. The SMILES string of the molecule is COC(=O)c1sc(-n2cnc3cc(OC)c(OC)cc32)cc1O[C@H](C)c1cccc(O)c1Cl. The second-order valence-corrected chi connectivity index (χ2v) is 8.43. The van der Waals surface area contributed by atoms with Gasteiger partial charge < -0.3 is 24.1 Å². The molecular formula is C23H21ClN2O6S. The summed E-state index contributed by atoms with van der Waals surface area (Å²) in [5, 5.41) is 10.8. The fraction of sp³-hybridized carbons (Fsp3) is 0.217. The first kappa shape index (κ1) is 22.8. The first-order chi connectivity index (χ1) is 15.9. The second kappa shape index (κ2) is 9.21. The number of phenolic OH excluding ortho intramolecular Hbond substituents is 1. The van der Waals surface area contributed by atoms with Crippen LogP contribution >= 0.6 is 22.9 Å². The Bertz CT molecular complexity index is 1330. The van der Waals surface area contributed by atoms with E-state index in [1.165, 1.54) is 24.5 Å². The third kappa shape index (κ3) is 4.17. The van der Waals surface area contributed by atoms with Crippen LogP contribution in [0.4, 0.5) is 0 Å².